The highest BCUT2D eigenvalue weighted by Gasteiger charge is 2.49. The number of hydrogen-bond donors (Lipinski definition) is 3. The number of ether oxygens (including phenoxy) is 3. The number of rotatable bonds is 8. The molecule has 0 bridgehead atoms. The minimum Gasteiger partial charge on any atom is -0.450 e. The van der Waals surface area contributed by atoms with Crippen LogP contribution in [0.15, 0.2) is 0 Å². The fraction of sp³-hybridized carbons (Fsp3) is 0.857. The van der Waals surface area contributed by atoms with Gasteiger partial charge in [0.05, 0.1) is 12.6 Å². The molecular formula is C35H62N4O9. The maximum Gasteiger partial charge on any atom is 0.410 e. The molecule has 2 saturated heterocycles. The van der Waals surface area contributed by atoms with Gasteiger partial charge in [-0.25, -0.2) is 4.79 Å². The van der Waals surface area contributed by atoms with Crippen molar-refractivity contribution in [3.63, 3.8) is 0 Å². The van der Waals surface area contributed by atoms with E-state index in [1.165, 1.54) is 18.9 Å². The first-order valence-corrected chi connectivity index (χ1v) is 17.7. The SMILES string of the molecule is CC[C@H]1CCN2C(=O)C(N(C)C(=O)OC(C)(C)C)C(C)(C)CCCCCCCCC[C@@H](C(OC(C)=O)C(=O)NCC(O)OC)NC(=O)[C@H]12. The lowest BCUT2D eigenvalue weighted by Crippen LogP contribution is -2.61. The molecule has 0 aliphatic carbocycles. The average Bonchev–Trinajstić information content (AvgIpc) is 3.44. The van der Waals surface area contributed by atoms with Gasteiger partial charge >= 0.3 is 12.1 Å². The second-order valence-corrected chi connectivity index (χ2v) is 15.0. The summed E-state index contributed by atoms with van der Waals surface area (Å²) in [6.45, 7) is 12.6. The lowest BCUT2D eigenvalue weighted by Gasteiger charge is -2.42. The Morgan fingerprint density at radius 2 is 1.67 bits per heavy atom. The molecule has 0 aromatic carbocycles. The van der Waals surface area contributed by atoms with Gasteiger partial charge in [0.2, 0.25) is 11.8 Å². The predicted octanol–water partition coefficient (Wildman–Crippen LogP) is 3.90. The summed E-state index contributed by atoms with van der Waals surface area (Å²) in [6, 6.07) is -2.64. The number of methoxy groups -OCH3 is 1. The Kier molecular flexibility index (Phi) is 16.1. The molecule has 48 heavy (non-hydrogen) atoms. The van der Waals surface area contributed by atoms with Gasteiger partial charge in [0.15, 0.2) is 12.4 Å². The molecule has 3 unspecified atom stereocenters. The third-order valence-electron chi connectivity index (χ3n) is 9.45. The molecule has 2 rings (SSSR count). The number of nitrogens with zero attached hydrogens (tertiary/aromatic N) is 2. The van der Waals surface area contributed by atoms with Gasteiger partial charge in [0, 0.05) is 27.6 Å². The van der Waals surface area contributed by atoms with Crippen LogP contribution in [0, 0.1) is 11.3 Å². The predicted molar refractivity (Wildman–Crippen MR) is 181 cm³/mol. The molecule has 4 amide bonds. The van der Waals surface area contributed by atoms with E-state index in [9.17, 15) is 29.1 Å². The van der Waals surface area contributed by atoms with Crippen LogP contribution in [0.2, 0.25) is 0 Å². The molecule has 2 aliphatic rings. The van der Waals surface area contributed by atoms with E-state index in [4.69, 9.17) is 14.2 Å². The van der Waals surface area contributed by atoms with Crippen molar-refractivity contribution in [1.82, 2.24) is 20.4 Å². The Balaban J connectivity index is 2.56. The maximum absolute atomic E-state index is 14.7. The van der Waals surface area contributed by atoms with Crippen LogP contribution in [0.1, 0.15) is 119 Å². The van der Waals surface area contributed by atoms with Gasteiger partial charge in [-0.15, -0.1) is 0 Å². The Morgan fingerprint density at radius 3 is 2.23 bits per heavy atom. The number of carbonyl (C=O) groups is 5. The molecule has 0 spiro atoms. The fourth-order valence-corrected chi connectivity index (χ4v) is 6.91. The molecule has 3 N–H and O–H groups in total. The number of hydrogen-bond acceptors (Lipinski definition) is 9. The van der Waals surface area contributed by atoms with Crippen LogP contribution in [0.5, 0.6) is 0 Å². The molecule has 2 heterocycles. The number of esters is 1. The minimum atomic E-state index is -1.37. The smallest absolute Gasteiger partial charge is 0.410 e. The largest absolute Gasteiger partial charge is 0.450 e. The number of aliphatic hydroxyl groups excluding tert-OH is 1. The van der Waals surface area contributed by atoms with Crippen LogP contribution in [-0.4, -0.2) is 108 Å². The summed E-state index contributed by atoms with van der Waals surface area (Å²) < 4.78 is 16.0. The average molecular weight is 683 g/mol. The van der Waals surface area contributed by atoms with Crippen molar-refractivity contribution in [3.8, 4) is 0 Å². The number of likely N-dealkylation sites (N-methyl/N-ethyl adjacent to an activating group) is 1. The Bertz CT molecular complexity index is 1090. The van der Waals surface area contributed by atoms with E-state index in [0.29, 0.717) is 38.6 Å². The van der Waals surface area contributed by atoms with Gasteiger partial charge in [0.25, 0.3) is 5.91 Å². The maximum atomic E-state index is 14.7. The summed E-state index contributed by atoms with van der Waals surface area (Å²) in [5.41, 5.74) is -1.39. The number of fused-ring (bicyclic) bond motifs is 1. The lowest BCUT2D eigenvalue weighted by atomic mass is 9.78. The van der Waals surface area contributed by atoms with E-state index >= 15 is 0 Å². The van der Waals surface area contributed by atoms with Crippen LogP contribution in [0.3, 0.4) is 0 Å². The summed E-state index contributed by atoms with van der Waals surface area (Å²) in [4.78, 5) is 70.9. The second kappa shape index (κ2) is 18.7. The van der Waals surface area contributed by atoms with E-state index in [1.54, 1.807) is 32.7 Å². The highest BCUT2D eigenvalue weighted by atomic mass is 16.6. The highest BCUT2D eigenvalue weighted by molar-refractivity contribution is 5.93. The monoisotopic (exact) mass is 682 g/mol. The third-order valence-corrected chi connectivity index (χ3v) is 9.45. The van der Waals surface area contributed by atoms with Crippen LogP contribution >= 0.6 is 0 Å². The number of amides is 4. The van der Waals surface area contributed by atoms with E-state index in [-0.39, 0.29) is 18.4 Å². The van der Waals surface area contributed by atoms with Gasteiger partial charge in [-0.3, -0.25) is 24.1 Å². The van der Waals surface area contributed by atoms with Crippen LogP contribution in [0.4, 0.5) is 4.79 Å². The van der Waals surface area contributed by atoms with E-state index in [2.05, 4.69) is 10.6 Å². The molecule has 0 saturated carbocycles. The van der Waals surface area contributed by atoms with Crippen molar-refractivity contribution in [1.29, 1.82) is 0 Å². The van der Waals surface area contributed by atoms with Crippen molar-refractivity contribution >= 4 is 29.8 Å². The van der Waals surface area contributed by atoms with Gasteiger partial charge < -0.3 is 34.9 Å². The number of aliphatic hydroxyl groups is 1. The van der Waals surface area contributed by atoms with Gasteiger partial charge in [-0.2, -0.15) is 0 Å². The summed E-state index contributed by atoms with van der Waals surface area (Å²) in [5.74, 6) is -2.30. The molecule has 0 aromatic rings. The van der Waals surface area contributed by atoms with Crippen molar-refractivity contribution in [2.24, 2.45) is 11.3 Å². The highest BCUT2D eigenvalue weighted by Crippen LogP contribution is 2.37. The molecule has 276 valence electrons. The Hall–Kier alpha value is -2.93. The van der Waals surface area contributed by atoms with Crippen molar-refractivity contribution in [2.75, 3.05) is 27.2 Å². The van der Waals surface area contributed by atoms with Gasteiger partial charge in [-0.05, 0) is 51.4 Å². The molecule has 13 heteroatoms. The zero-order valence-electron chi connectivity index (χ0n) is 30.8. The normalized spacial score (nSPS) is 25.9. The quantitative estimate of drug-likeness (QED) is 0.255. The topological polar surface area (TPSA) is 164 Å². The van der Waals surface area contributed by atoms with Crippen molar-refractivity contribution < 1.29 is 43.3 Å². The minimum absolute atomic E-state index is 0.162. The fourth-order valence-electron chi connectivity index (χ4n) is 6.91. The lowest BCUT2D eigenvalue weighted by molar-refractivity contribution is -0.158. The van der Waals surface area contributed by atoms with Crippen molar-refractivity contribution in [3.05, 3.63) is 0 Å². The third kappa shape index (κ3) is 12.2. The first-order valence-electron chi connectivity index (χ1n) is 17.7. The first kappa shape index (κ1) is 41.2. The van der Waals surface area contributed by atoms with Crippen LogP contribution in [0.25, 0.3) is 0 Å². The number of nitrogens with one attached hydrogen (secondary N) is 2. The molecule has 0 radical (unpaired) electrons. The molecule has 13 nitrogen and oxygen atoms in total. The summed E-state index contributed by atoms with van der Waals surface area (Å²) in [6.07, 6.45) is 5.45. The number of carbonyl (C=O) groups excluding carboxylic acids is 5. The van der Waals surface area contributed by atoms with E-state index in [1.807, 2.05) is 20.8 Å². The van der Waals surface area contributed by atoms with Gasteiger partial charge in [-0.1, -0.05) is 72.1 Å². The van der Waals surface area contributed by atoms with Crippen LogP contribution in [-0.2, 0) is 33.4 Å². The Morgan fingerprint density at radius 1 is 1.06 bits per heavy atom. The van der Waals surface area contributed by atoms with Gasteiger partial charge in [0.1, 0.15) is 17.7 Å². The van der Waals surface area contributed by atoms with Crippen molar-refractivity contribution in [2.45, 2.75) is 155 Å². The molecule has 2 aliphatic heterocycles. The summed E-state index contributed by atoms with van der Waals surface area (Å²) in [7, 11) is 2.88. The first-order chi connectivity index (χ1) is 22.4. The summed E-state index contributed by atoms with van der Waals surface area (Å²) >= 11 is 0. The molecule has 6 atom stereocenters. The zero-order valence-corrected chi connectivity index (χ0v) is 30.8. The van der Waals surface area contributed by atoms with E-state index < -0.39 is 65.4 Å². The van der Waals surface area contributed by atoms with Crippen LogP contribution < -0.4 is 10.6 Å². The second-order valence-electron chi connectivity index (χ2n) is 15.0. The Labute approximate surface area is 287 Å². The summed E-state index contributed by atoms with van der Waals surface area (Å²) in [5, 5.41) is 15.4. The van der Waals surface area contributed by atoms with E-state index in [0.717, 1.165) is 38.5 Å². The molecular weight excluding hydrogens is 620 g/mol. The standard InChI is InChI=1S/C35H62N4O9/c1-10-24-19-21-39-27(24)30(42)37-25(28(47-23(2)40)31(43)36-22-26(41)46-9)18-16-14-12-11-13-15-17-20-35(6,7)29(32(39)44)38(8)33(45)48-34(3,4)5/h24-29,41H,10-22H2,1-9H3,(H,36,43)(H,37,42)/t24-,25-,26?,27-,28?,29?/m0/s1. The molecule has 2 fully saturated rings. The molecule has 0 aromatic heterocycles. The zero-order chi connectivity index (χ0) is 36.2.